The summed E-state index contributed by atoms with van der Waals surface area (Å²) in [7, 11) is 0. The van der Waals surface area contributed by atoms with E-state index < -0.39 is 11.6 Å². The first kappa shape index (κ1) is 15.1. The Kier molecular flexibility index (Phi) is 4.06. The molecule has 1 aromatic heterocycles. The van der Waals surface area contributed by atoms with E-state index in [1.54, 1.807) is 9.80 Å². The molecule has 1 fully saturated rings. The van der Waals surface area contributed by atoms with Crippen molar-refractivity contribution in [3.8, 4) is 0 Å². The molecule has 2 heterocycles. The molecular formula is C13H19N3O5. The van der Waals surface area contributed by atoms with Crippen LogP contribution in [-0.4, -0.2) is 58.8 Å². The van der Waals surface area contributed by atoms with Crippen molar-refractivity contribution in [1.29, 1.82) is 0 Å². The van der Waals surface area contributed by atoms with Gasteiger partial charge in [-0.1, -0.05) is 0 Å². The number of nitrogens with zero attached hydrogens (tertiary/aromatic N) is 3. The molecule has 0 aliphatic carbocycles. The minimum absolute atomic E-state index is 0.195. The molecule has 0 aromatic carbocycles. The van der Waals surface area contributed by atoms with Gasteiger partial charge in [0, 0.05) is 26.2 Å². The number of carbonyl (C=O) groups excluding carboxylic acids is 1. The lowest BCUT2D eigenvalue weighted by Crippen LogP contribution is -2.50. The number of ether oxygens (including phenoxy) is 1. The monoisotopic (exact) mass is 297 g/mol. The number of anilines is 1. The number of amides is 1. The number of rotatable bonds is 2. The fourth-order valence-corrected chi connectivity index (χ4v) is 1.92. The summed E-state index contributed by atoms with van der Waals surface area (Å²) in [6.45, 7) is 7.43. The first-order valence-electron chi connectivity index (χ1n) is 6.68. The van der Waals surface area contributed by atoms with Crippen LogP contribution in [0.1, 0.15) is 31.3 Å². The van der Waals surface area contributed by atoms with Crippen LogP contribution >= 0.6 is 0 Å². The number of aromatic carboxylic acids is 1. The third-order valence-corrected chi connectivity index (χ3v) is 2.91. The van der Waals surface area contributed by atoms with Gasteiger partial charge in [0.1, 0.15) is 5.60 Å². The fourth-order valence-electron chi connectivity index (χ4n) is 1.92. The summed E-state index contributed by atoms with van der Waals surface area (Å²) in [5, 5.41) is 8.80. The van der Waals surface area contributed by atoms with Crippen LogP contribution in [0.15, 0.2) is 10.6 Å². The maximum atomic E-state index is 11.9. The van der Waals surface area contributed by atoms with E-state index in [-0.39, 0.29) is 17.9 Å². The van der Waals surface area contributed by atoms with Gasteiger partial charge >= 0.3 is 12.1 Å². The second kappa shape index (κ2) is 5.63. The minimum Gasteiger partial charge on any atom is -0.475 e. The van der Waals surface area contributed by atoms with Crippen molar-refractivity contribution < 1.29 is 23.8 Å². The number of hydrogen-bond donors (Lipinski definition) is 1. The number of oxazole rings is 1. The largest absolute Gasteiger partial charge is 0.475 e. The standard InChI is InChI=1S/C13H19N3O5/c1-13(2,3)21-12(19)16-6-4-15(5-7-16)11-14-8-9(20-11)10(17)18/h8H,4-7H2,1-3H3,(H,17,18). The number of hydrogen-bond acceptors (Lipinski definition) is 6. The van der Waals surface area contributed by atoms with Crippen molar-refractivity contribution in [2.75, 3.05) is 31.1 Å². The smallest absolute Gasteiger partial charge is 0.410 e. The van der Waals surface area contributed by atoms with E-state index in [0.717, 1.165) is 0 Å². The predicted octanol–water partition coefficient (Wildman–Crippen LogP) is 1.43. The second-order valence-electron chi connectivity index (χ2n) is 5.77. The molecule has 0 unspecified atom stereocenters. The molecule has 21 heavy (non-hydrogen) atoms. The lowest BCUT2D eigenvalue weighted by molar-refractivity contribution is 0.0239. The average molecular weight is 297 g/mol. The molecule has 0 spiro atoms. The van der Waals surface area contributed by atoms with Gasteiger partial charge in [0.05, 0.1) is 6.20 Å². The second-order valence-corrected chi connectivity index (χ2v) is 5.77. The maximum absolute atomic E-state index is 11.9. The molecule has 0 atom stereocenters. The quantitative estimate of drug-likeness (QED) is 0.882. The predicted molar refractivity (Wildman–Crippen MR) is 73.5 cm³/mol. The SMILES string of the molecule is CC(C)(C)OC(=O)N1CCN(c2ncc(C(=O)O)o2)CC1. The first-order valence-corrected chi connectivity index (χ1v) is 6.68. The molecule has 2 rings (SSSR count). The van der Waals surface area contributed by atoms with Crippen LogP contribution < -0.4 is 4.90 Å². The third kappa shape index (κ3) is 3.87. The average Bonchev–Trinajstić information content (AvgIpc) is 2.86. The van der Waals surface area contributed by atoms with Crippen LogP contribution in [0, 0.1) is 0 Å². The van der Waals surface area contributed by atoms with Crippen LogP contribution in [0.2, 0.25) is 0 Å². The molecule has 1 N–H and O–H groups in total. The Hall–Kier alpha value is -2.25. The number of aromatic nitrogens is 1. The molecule has 0 bridgehead atoms. The molecule has 1 aliphatic heterocycles. The molecule has 8 nitrogen and oxygen atoms in total. The Balaban J connectivity index is 1.90. The first-order chi connectivity index (χ1) is 9.76. The molecule has 0 radical (unpaired) electrons. The Bertz CT molecular complexity index is 526. The van der Waals surface area contributed by atoms with E-state index in [0.29, 0.717) is 26.2 Å². The zero-order valence-corrected chi connectivity index (χ0v) is 12.3. The highest BCUT2D eigenvalue weighted by atomic mass is 16.6. The van der Waals surface area contributed by atoms with Gasteiger partial charge in [0.25, 0.3) is 6.01 Å². The van der Waals surface area contributed by atoms with Crippen molar-refractivity contribution in [1.82, 2.24) is 9.88 Å². The van der Waals surface area contributed by atoms with E-state index in [1.165, 1.54) is 6.20 Å². The zero-order valence-electron chi connectivity index (χ0n) is 12.3. The van der Waals surface area contributed by atoms with E-state index in [4.69, 9.17) is 14.3 Å². The summed E-state index contributed by atoms with van der Waals surface area (Å²) in [4.78, 5) is 30.0. The molecule has 0 saturated carbocycles. The molecule has 116 valence electrons. The highest BCUT2D eigenvalue weighted by Crippen LogP contribution is 2.18. The zero-order chi connectivity index (χ0) is 15.6. The van der Waals surface area contributed by atoms with Gasteiger partial charge in [0.15, 0.2) is 0 Å². The summed E-state index contributed by atoms with van der Waals surface area (Å²) < 4.78 is 10.4. The summed E-state index contributed by atoms with van der Waals surface area (Å²) in [6.07, 6.45) is 0.832. The van der Waals surface area contributed by atoms with Gasteiger partial charge in [-0.2, -0.15) is 0 Å². The van der Waals surface area contributed by atoms with Crippen molar-refractivity contribution in [2.24, 2.45) is 0 Å². The summed E-state index contributed by atoms with van der Waals surface area (Å²) in [5.74, 6) is -1.35. The van der Waals surface area contributed by atoms with Crippen molar-refractivity contribution >= 4 is 18.1 Å². The van der Waals surface area contributed by atoms with Gasteiger partial charge in [0.2, 0.25) is 5.76 Å². The molecular weight excluding hydrogens is 278 g/mol. The minimum atomic E-state index is -1.15. The number of carboxylic acid groups (broad SMARTS) is 1. The van der Waals surface area contributed by atoms with Crippen LogP contribution in [0.25, 0.3) is 0 Å². The maximum Gasteiger partial charge on any atom is 0.410 e. The van der Waals surface area contributed by atoms with Crippen molar-refractivity contribution in [2.45, 2.75) is 26.4 Å². The fraction of sp³-hybridized carbons (Fsp3) is 0.615. The normalized spacial score (nSPS) is 16.0. The number of carboxylic acids is 1. The number of carbonyl (C=O) groups is 2. The van der Waals surface area contributed by atoms with E-state index in [2.05, 4.69) is 4.98 Å². The highest BCUT2D eigenvalue weighted by molar-refractivity contribution is 5.84. The lowest BCUT2D eigenvalue weighted by Gasteiger charge is -2.34. The van der Waals surface area contributed by atoms with Gasteiger partial charge in [-0.05, 0) is 20.8 Å². The Morgan fingerprint density at radius 1 is 1.29 bits per heavy atom. The van der Waals surface area contributed by atoms with Crippen molar-refractivity contribution in [3.63, 3.8) is 0 Å². The highest BCUT2D eigenvalue weighted by Gasteiger charge is 2.27. The summed E-state index contributed by atoms with van der Waals surface area (Å²) in [6, 6.07) is 0.260. The van der Waals surface area contributed by atoms with E-state index in [9.17, 15) is 9.59 Å². The molecule has 1 amide bonds. The Morgan fingerprint density at radius 2 is 1.90 bits per heavy atom. The van der Waals surface area contributed by atoms with E-state index >= 15 is 0 Å². The topological polar surface area (TPSA) is 96.1 Å². The van der Waals surface area contributed by atoms with Gasteiger partial charge in [-0.15, -0.1) is 0 Å². The molecule has 1 aliphatic rings. The molecule has 1 aromatic rings. The van der Waals surface area contributed by atoms with Gasteiger partial charge in [-0.3, -0.25) is 0 Å². The third-order valence-electron chi connectivity index (χ3n) is 2.91. The van der Waals surface area contributed by atoms with Gasteiger partial charge in [-0.25, -0.2) is 14.6 Å². The number of piperazine rings is 1. The van der Waals surface area contributed by atoms with E-state index in [1.807, 2.05) is 20.8 Å². The summed E-state index contributed by atoms with van der Waals surface area (Å²) >= 11 is 0. The van der Waals surface area contributed by atoms with Crippen LogP contribution in [-0.2, 0) is 4.74 Å². The van der Waals surface area contributed by atoms with Gasteiger partial charge < -0.3 is 24.1 Å². The van der Waals surface area contributed by atoms with Crippen molar-refractivity contribution in [3.05, 3.63) is 12.0 Å². The van der Waals surface area contributed by atoms with Crippen LogP contribution in [0.4, 0.5) is 10.8 Å². The van der Waals surface area contributed by atoms with Crippen LogP contribution in [0.5, 0.6) is 0 Å². The Labute approximate surface area is 122 Å². The molecule has 8 heteroatoms. The Morgan fingerprint density at radius 3 is 2.38 bits per heavy atom. The lowest BCUT2D eigenvalue weighted by atomic mass is 10.2. The molecule has 1 saturated heterocycles. The summed E-state index contributed by atoms with van der Waals surface area (Å²) in [5.41, 5.74) is -0.521. The van der Waals surface area contributed by atoms with Crippen LogP contribution in [0.3, 0.4) is 0 Å².